The van der Waals surface area contributed by atoms with Gasteiger partial charge in [0.05, 0.1) is 17.6 Å². The zero-order valence-electron chi connectivity index (χ0n) is 15.1. The fourth-order valence-corrected chi connectivity index (χ4v) is 4.08. The van der Waals surface area contributed by atoms with Gasteiger partial charge in [0.25, 0.3) is 5.56 Å². The van der Waals surface area contributed by atoms with Gasteiger partial charge < -0.3 is 10.3 Å². The molecular weight excluding hydrogens is 362 g/mol. The molecule has 4 rings (SSSR count). The lowest BCUT2D eigenvalue weighted by Gasteiger charge is -2.11. The molecule has 140 valence electrons. The highest BCUT2D eigenvalue weighted by atomic mass is 32.2. The Morgan fingerprint density at radius 2 is 2.11 bits per heavy atom. The Labute approximate surface area is 160 Å². The van der Waals surface area contributed by atoms with Gasteiger partial charge in [-0.1, -0.05) is 42.8 Å². The van der Waals surface area contributed by atoms with Crippen molar-refractivity contribution in [2.24, 2.45) is 0 Å². The van der Waals surface area contributed by atoms with E-state index in [0.717, 1.165) is 24.1 Å². The normalized spacial score (nSPS) is 14.7. The fourth-order valence-electron chi connectivity index (χ4n) is 3.42. The largest absolute Gasteiger partial charge is 0.353 e. The number of aromatic amines is 1. The number of rotatable bonds is 5. The van der Waals surface area contributed by atoms with Crippen LogP contribution >= 0.6 is 11.8 Å². The van der Waals surface area contributed by atoms with Crippen molar-refractivity contribution in [2.75, 3.05) is 5.75 Å². The predicted molar refractivity (Wildman–Crippen MR) is 105 cm³/mol. The fraction of sp³-hybridized carbons (Fsp3) is 0.368. The monoisotopic (exact) mass is 383 g/mol. The molecule has 0 atom stereocenters. The maximum Gasteiger partial charge on any atom is 0.262 e. The lowest BCUT2D eigenvalue weighted by Crippen LogP contribution is -2.33. The van der Waals surface area contributed by atoms with Crippen molar-refractivity contribution in [3.05, 3.63) is 46.4 Å². The number of aryl methyl sites for hydroxylation is 1. The van der Waals surface area contributed by atoms with E-state index in [1.54, 1.807) is 4.68 Å². The third kappa shape index (κ3) is 3.75. The standard InChI is InChI=1S/C19H21N5O2S/c1-12-6-2-5-9-15(12)24-17-14(10-20-24)18(26)23-19(22-17)27-11-16(25)21-13-7-3-4-8-13/h2,5-6,9-10,13H,3-4,7-8,11H2,1H3,(H,21,25)(H,22,23,26). The van der Waals surface area contributed by atoms with Gasteiger partial charge in [0.15, 0.2) is 10.8 Å². The summed E-state index contributed by atoms with van der Waals surface area (Å²) in [6.07, 6.45) is 5.97. The third-order valence-corrected chi connectivity index (χ3v) is 5.69. The summed E-state index contributed by atoms with van der Waals surface area (Å²) in [7, 11) is 0. The minimum absolute atomic E-state index is 0.0259. The van der Waals surface area contributed by atoms with E-state index in [9.17, 15) is 9.59 Å². The number of hydrogen-bond acceptors (Lipinski definition) is 5. The quantitative estimate of drug-likeness (QED) is 0.522. The van der Waals surface area contributed by atoms with Crippen molar-refractivity contribution < 1.29 is 4.79 Å². The Morgan fingerprint density at radius 3 is 2.89 bits per heavy atom. The number of thioether (sulfide) groups is 1. The van der Waals surface area contributed by atoms with Crippen LogP contribution in [0.2, 0.25) is 0 Å². The molecule has 0 radical (unpaired) electrons. The summed E-state index contributed by atoms with van der Waals surface area (Å²) in [6.45, 7) is 1.99. The predicted octanol–water partition coefficient (Wildman–Crippen LogP) is 2.57. The Balaban J connectivity index is 1.57. The molecule has 1 amide bonds. The topological polar surface area (TPSA) is 92.7 Å². The van der Waals surface area contributed by atoms with Crippen LogP contribution < -0.4 is 10.9 Å². The van der Waals surface area contributed by atoms with E-state index in [2.05, 4.69) is 20.4 Å². The van der Waals surface area contributed by atoms with Crippen LogP contribution in [0.1, 0.15) is 31.2 Å². The molecule has 27 heavy (non-hydrogen) atoms. The number of nitrogens with one attached hydrogen (secondary N) is 2. The number of nitrogens with zero attached hydrogens (tertiary/aromatic N) is 3. The van der Waals surface area contributed by atoms with Crippen molar-refractivity contribution in [3.8, 4) is 5.69 Å². The first-order valence-corrected chi connectivity index (χ1v) is 10.1. The number of para-hydroxylation sites is 1. The van der Waals surface area contributed by atoms with Crippen LogP contribution in [0.15, 0.2) is 40.4 Å². The molecule has 8 heteroatoms. The van der Waals surface area contributed by atoms with Crippen LogP contribution in [0, 0.1) is 6.92 Å². The minimum atomic E-state index is -0.251. The summed E-state index contributed by atoms with van der Waals surface area (Å²) in [4.78, 5) is 31.8. The lowest BCUT2D eigenvalue weighted by atomic mass is 10.2. The molecule has 2 aromatic heterocycles. The average molecular weight is 383 g/mol. The van der Waals surface area contributed by atoms with Crippen molar-refractivity contribution in [1.29, 1.82) is 0 Å². The zero-order valence-corrected chi connectivity index (χ0v) is 15.9. The summed E-state index contributed by atoms with van der Waals surface area (Å²) in [5.41, 5.74) is 2.15. The molecule has 0 aliphatic heterocycles. The molecule has 1 saturated carbocycles. The summed E-state index contributed by atoms with van der Waals surface area (Å²) >= 11 is 1.23. The number of carbonyl (C=O) groups is 1. The zero-order chi connectivity index (χ0) is 18.8. The second-order valence-corrected chi connectivity index (χ2v) is 7.75. The summed E-state index contributed by atoms with van der Waals surface area (Å²) in [5, 5.41) is 8.23. The minimum Gasteiger partial charge on any atom is -0.353 e. The van der Waals surface area contributed by atoms with E-state index >= 15 is 0 Å². The van der Waals surface area contributed by atoms with Crippen molar-refractivity contribution in [1.82, 2.24) is 25.1 Å². The molecule has 7 nitrogen and oxygen atoms in total. The summed E-state index contributed by atoms with van der Waals surface area (Å²) in [6, 6.07) is 8.09. The van der Waals surface area contributed by atoms with E-state index in [1.807, 2.05) is 31.2 Å². The first-order chi connectivity index (χ1) is 13.1. The second-order valence-electron chi connectivity index (χ2n) is 6.79. The highest BCUT2D eigenvalue weighted by molar-refractivity contribution is 7.99. The first kappa shape index (κ1) is 17.8. The average Bonchev–Trinajstić information content (AvgIpc) is 3.30. The number of hydrogen-bond donors (Lipinski definition) is 2. The number of aromatic nitrogens is 4. The van der Waals surface area contributed by atoms with Gasteiger partial charge in [-0.2, -0.15) is 5.10 Å². The molecule has 3 aromatic rings. The summed E-state index contributed by atoms with van der Waals surface area (Å²) < 4.78 is 1.67. The molecule has 1 aliphatic rings. The van der Waals surface area contributed by atoms with Gasteiger partial charge in [0.1, 0.15) is 5.39 Å². The highest BCUT2D eigenvalue weighted by Crippen LogP contribution is 2.21. The highest BCUT2D eigenvalue weighted by Gasteiger charge is 2.18. The molecule has 1 fully saturated rings. The summed E-state index contributed by atoms with van der Waals surface area (Å²) in [5.74, 6) is 0.200. The van der Waals surface area contributed by atoms with E-state index in [0.29, 0.717) is 16.2 Å². The lowest BCUT2D eigenvalue weighted by molar-refractivity contribution is -0.119. The van der Waals surface area contributed by atoms with Crippen LogP contribution in [-0.4, -0.2) is 37.5 Å². The van der Waals surface area contributed by atoms with Gasteiger partial charge in [0, 0.05) is 6.04 Å². The van der Waals surface area contributed by atoms with Gasteiger partial charge in [-0.05, 0) is 31.4 Å². The van der Waals surface area contributed by atoms with Gasteiger partial charge >= 0.3 is 0 Å². The molecule has 1 aromatic carbocycles. The van der Waals surface area contributed by atoms with Gasteiger partial charge in [-0.3, -0.25) is 9.59 Å². The van der Waals surface area contributed by atoms with Crippen LogP contribution in [-0.2, 0) is 4.79 Å². The van der Waals surface area contributed by atoms with Gasteiger partial charge in [-0.25, -0.2) is 9.67 Å². The SMILES string of the molecule is Cc1ccccc1-n1ncc2c(=O)[nH]c(SCC(=O)NC3CCCC3)nc21. The van der Waals surface area contributed by atoms with E-state index < -0.39 is 0 Å². The number of amides is 1. The van der Waals surface area contributed by atoms with Gasteiger partial charge in [-0.15, -0.1) is 0 Å². The van der Waals surface area contributed by atoms with Crippen molar-refractivity contribution >= 4 is 28.7 Å². The Hall–Kier alpha value is -2.61. The number of carbonyl (C=O) groups excluding carboxylic acids is 1. The molecule has 0 spiro atoms. The maximum absolute atomic E-state index is 12.4. The molecule has 2 N–H and O–H groups in total. The molecule has 0 unspecified atom stereocenters. The Bertz CT molecular complexity index is 1040. The van der Waals surface area contributed by atoms with Crippen LogP contribution in [0.3, 0.4) is 0 Å². The molecule has 1 aliphatic carbocycles. The number of H-pyrrole nitrogens is 1. The van der Waals surface area contributed by atoms with E-state index in [-0.39, 0.29) is 23.3 Å². The van der Waals surface area contributed by atoms with E-state index in [1.165, 1.54) is 30.8 Å². The second kappa shape index (κ2) is 7.56. The first-order valence-electron chi connectivity index (χ1n) is 9.08. The van der Waals surface area contributed by atoms with Crippen molar-refractivity contribution in [2.45, 2.75) is 43.8 Å². The molecule has 0 bridgehead atoms. The molecule has 2 heterocycles. The van der Waals surface area contributed by atoms with Crippen LogP contribution in [0.5, 0.6) is 0 Å². The third-order valence-electron chi connectivity index (χ3n) is 4.82. The number of fused-ring (bicyclic) bond motifs is 1. The maximum atomic E-state index is 12.4. The van der Waals surface area contributed by atoms with Gasteiger partial charge in [0.2, 0.25) is 5.91 Å². The van der Waals surface area contributed by atoms with Crippen LogP contribution in [0.25, 0.3) is 16.7 Å². The Kier molecular flexibility index (Phi) is 4.98. The molecular formula is C19H21N5O2S. The van der Waals surface area contributed by atoms with Crippen molar-refractivity contribution in [3.63, 3.8) is 0 Å². The van der Waals surface area contributed by atoms with Crippen LogP contribution in [0.4, 0.5) is 0 Å². The van der Waals surface area contributed by atoms with E-state index in [4.69, 9.17) is 0 Å². The molecule has 0 saturated heterocycles. The number of benzene rings is 1. The Morgan fingerprint density at radius 1 is 1.33 bits per heavy atom. The smallest absolute Gasteiger partial charge is 0.262 e.